The minimum absolute atomic E-state index is 0.0658. The van der Waals surface area contributed by atoms with Gasteiger partial charge in [-0.05, 0) is 51.5 Å². The van der Waals surface area contributed by atoms with E-state index in [1.54, 1.807) is 25.1 Å². The highest BCUT2D eigenvalue weighted by molar-refractivity contribution is 7.92. The van der Waals surface area contributed by atoms with Crippen LogP contribution >= 0.6 is 0 Å². The fourth-order valence-electron chi connectivity index (χ4n) is 1.35. The number of nitrogens with one attached hydrogen (secondary N) is 1. The van der Waals surface area contributed by atoms with Crippen molar-refractivity contribution in [3.8, 4) is 5.75 Å². The molecule has 0 heterocycles. The van der Waals surface area contributed by atoms with Crippen LogP contribution in [-0.4, -0.2) is 20.3 Å². The van der Waals surface area contributed by atoms with E-state index in [0.717, 1.165) is 11.3 Å². The Morgan fingerprint density at radius 2 is 2.00 bits per heavy atom. The normalized spacial score (nSPS) is 11.6. The summed E-state index contributed by atoms with van der Waals surface area (Å²) in [6.07, 6.45) is 0.104. The lowest BCUT2D eigenvalue weighted by atomic mass is 10.2. The zero-order valence-electron chi connectivity index (χ0n) is 10.6. The van der Waals surface area contributed by atoms with E-state index in [1.165, 1.54) is 0 Å². The van der Waals surface area contributed by atoms with Crippen LogP contribution in [0, 0.1) is 6.92 Å². The van der Waals surface area contributed by atoms with Gasteiger partial charge >= 0.3 is 0 Å². The van der Waals surface area contributed by atoms with Crippen molar-refractivity contribution in [3.05, 3.63) is 23.8 Å². The third-order valence-corrected chi connectivity index (χ3v) is 3.50. The predicted octanol–water partition coefficient (Wildman–Crippen LogP) is 2.54. The van der Waals surface area contributed by atoms with Gasteiger partial charge in [-0.25, -0.2) is 8.42 Å². The van der Waals surface area contributed by atoms with Gasteiger partial charge < -0.3 is 4.74 Å². The molecule has 0 spiro atoms. The molecule has 1 rings (SSSR count). The van der Waals surface area contributed by atoms with Crippen LogP contribution < -0.4 is 9.46 Å². The van der Waals surface area contributed by atoms with Gasteiger partial charge in [-0.3, -0.25) is 4.72 Å². The lowest BCUT2D eigenvalue weighted by Crippen LogP contribution is -2.14. The van der Waals surface area contributed by atoms with Crippen LogP contribution in [-0.2, 0) is 10.0 Å². The zero-order valence-corrected chi connectivity index (χ0v) is 11.5. The van der Waals surface area contributed by atoms with Gasteiger partial charge in [0.1, 0.15) is 5.75 Å². The van der Waals surface area contributed by atoms with Crippen LogP contribution in [0.15, 0.2) is 18.2 Å². The standard InChI is InChI=1S/C12H19NO3S/c1-5-17(14,15)13-11-6-7-12(10(4)8-11)16-9(2)3/h6-9,13H,5H2,1-4H3. The largest absolute Gasteiger partial charge is 0.491 e. The lowest BCUT2D eigenvalue weighted by Gasteiger charge is -2.14. The van der Waals surface area contributed by atoms with E-state index < -0.39 is 10.0 Å². The van der Waals surface area contributed by atoms with Crippen LogP contribution in [0.5, 0.6) is 5.75 Å². The van der Waals surface area contributed by atoms with Crippen molar-refractivity contribution in [2.45, 2.75) is 33.8 Å². The number of aryl methyl sites for hydroxylation is 1. The monoisotopic (exact) mass is 257 g/mol. The highest BCUT2D eigenvalue weighted by Gasteiger charge is 2.08. The minimum Gasteiger partial charge on any atom is -0.491 e. The Morgan fingerprint density at radius 3 is 2.47 bits per heavy atom. The van der Waals surface area contributed by atoms with Gasteiger partial charge in [0.15, 0.2) is 0 Å². The highest BCUT2D eigenvalue weighted by atomic mass is 32.2. The van der Waals surface area contributed by atoms with E-state index in [0.29, 0.717) is 5.69 Å². The van der Waals surface area contributed by atoms with Gasteiger partial charge in [-0.15, -0.1) is 0 Å². The molecule has 0 radical (unpaired) electrons. The Kier molecular flexibility index (Phi) is 4.40. The Balaban J connectivity index is 2.89. The highest BCUT2D eigenvalue weighted by Crippen LogP contribution is 2.23. The Morgan fingerprint density at radius 1 is 1.35 bits per heavy atom. The first-order chi connectivity index (χ1) is 7.84. The number of hydrogen-bond acceptors (Lipinski definition) is 3. The van der Waals surface area contributed by atoms with Crippen LogP contribution in [0.4, 0.5) is 5.69 Å². The quantitative estimate of drug-likeness (QED) is 0.882. The third-order valence-electron chi connectivity index (χ3n) is 2.19. The van der Waals surface area contributed by atoms with E-state index in [1.807, 2.05) is 20.8 Å². The van der Waals surface area contributed by atoms with Crippen LogP contribution in [0.1, 0.15) is 26.3 Å². The maximum Gasteiger partial charge on any atom is 0.232 e. The number of hydrogen-bond donors (Lipinski definition) is 1. The zero-order chi connectivity index (χ0) is 13.1. The summed E-state index contributed by atoms with van der Waals surface area (Å²) in [7, 11) is -3.22. The molecule has 0 amide bonds. The molecule has 17 heavy (non-hydrogen) atoms. The molecule has 0 aliphatic rings. The van der Waals surface area contributed by atoms with Crippen molar-refractivity contribution < 1.29 is 13.2 Å². The van der Waals surface area contributed by atoms with Crippen LogP contribution in [0.3, 0.4) is 0 Å². The van der Waals surface area contributed by atoms with Gasteiger partial charge in [-0.1, -0.05) is 0 Å². The first kappa shape index (κ1) is 13.8. The molecule has 5 heteroatoms. The van der Waals surface area contributed by atoms with E-state index >= 15 is 0 Å². The fourth-order valence-corrected chi connectivity index (χ4v) is 1.98. The molecule has 0 aliphatic heterocycles. The summed E-state index contributed by atoms with van der Waals surface area (Å²) < 4.78 is 30.9. The molecule has 4 nitrogen and oxygen atoms in total. The van der Waals surface area contributed by atoms with Crippen LogP contribution in [0.25, 0.3) is 0 Å². The van der Waals surface area contributed by atoms with Crippen molar-refractivity contribution in [3.63, 3.8) is 0 Å². The first-order valence-electron chi connectivity index (χ1n) is 5.62. The second-order valence-electron chi connectivity index (χ2n) is 4.15. The maximum atomic E-state index is 11.4. The van der Waals surface area contributed by atoms with E-state index in [4.69, 9.17) is 4.74 Å². The summed E-state index contributed by atoms with van der Waals surface area (Å²) in [5.41, 5.74) is 1.48. The molecule has 0 bridgehead atoms. The van der Waals surface area contributed by atoms with E-state index in [-0.39, 0.29) is 11.9 Å². The molecule has 0 atom stereocenters. The average molecular weight is 257 g/mol. The Labute approximate surface area is 103 Å². The second-order valence-corrected chi connectivity index (χ2v) is 6.16. The van der Waals surface area contributed by atoms with Crippen molar-refractivity contribution in [2.75, 3.05) is 10.5 Å². The molecular formula is C12H19NO3S. The van der Waals surface area contributed by atoms with Crippen molar-refractivity contribution in [2.24, 2.45) is 0 Å². The number of rotatable bonds is 5. The topological polar surface area (TPSA) is 55.4 Å². The van der Waals surface area contributed by atoms with Gasteiger partial charge in [0, 0.05) is 5.69 Å². The summed E-state index contributed by atoms with van der Waals surface area (Å²) >= 11 is 0. The minimum atomic E-state index is -3.22. The molecule has 0 aromatic heterocycles. The first-order valence-corrected chi connectivity index (χ1v) is 7.27. The van der Waals surface area contributed by atoms with Crippen molar-refractivity contribution >= 4 is 15.7 Å². The summed E-state index contributed by atoms with van der Waals surface area (Å²) in [5.74, 6) is 0.843. The van der Waals surface area contributed by atoms with E-state index in [9.17, 15) is 8.42 Å². The average Bonchev–Trinajstić information content (AvgIpc) is 2.21. The molecule has 0 saturated carbocycles. The summed E-state index contributed by atoms with van der Waals surface area (Å²) in [4.78, 5) is 0. The van der Waals surface area contributed by atoms with Crippen molar-refractivity contribution in [1.29, 1.82) is 0 Å². The van der Waals surface area contributed by atoms with Gasteiger partial charge in [0.25, 0.3) is 0 Å². The summed E-state index contributed by atoms with van der Waals surface area (Å²) in [6.45, 7) is 7.40. The number of anilines is 1. The molecule has 96 valence electrons. The maximum absolute atomic E-state index is 11.4. The van der Waals surface area contributed by atoms with Crippen LogP contribution in [0.2, 0.25) is 0 Å². The molecule has 0 aliphatic carbocycles. The Hall–Kier alpha value is -1.23. The number of benzene rings is 1. The van der Waals surface area contributed by atoms with Gasteiger partial charge in [0.05, 0.1) is 11.9 Å². The van der Waals surface area contributed by atoms with Gasteiger partial charge in [0.2, 0.25) is 10.0 Å². The SMILES string of the molecule is CCS(=O)(=O)Nc1ccc(OC(C)C)c(C)c1. The lowest BCUT2D eigenvalue weighted by molar-refractivity contribution is 0.241. The Bertz CT molecular complexity index is 481. The predicted molar refractivity (Wildman–Crippen MR) is 70.0 cm³/mol. The van der Waals surface area contributed by atoms with E-state index in [2.05, 4.69) is 4.72 Å². The molecular weight excluding hydrogens is 238 g/mol. The number of ether oxygens (including phenoxy) is 1. The molecule has 0 saturated heterocycles. The molecule has 1 N–H and O–H groups in total. The molecule has 1 aromatic carbocycles. The molecule has 0 fully saturated rings. The van der Waals surface area contributed by atoms with Crippen molar-refractivity contribution in [1.82, 2.24) is 0 Å². The smallest absolute Gasteiger partial charge is 0.232 e. The molecule has 0 unspecified atom stereocenters. The third kappa shape index (κ3) is 4.26. The fraction of sp³-hybridized carbons (Fsp3) is 0.500. The summed E-state index contributed by atoms with van der Waals surface area (Å²) in [6, 6.07) is 5.26. The second kappa shape index (κ2) is 5.40. The number of sulfonamides is 1. The van der Waals surface area contributed by atoms with Gasteiger partial charge in [-0.2, -0.15) is 0 Å². The summed E-state index contributed by atoms with van der Waals surface area (Å²) in [5, 5.41) is 0. The molecule has 1 aromatic rings.